The predicted molar refractivity (Wildman–Crippen MR) is 296 cm³/mol. The number of benzene rings is 1. The van der Waals surface area contributed by atoms with Crippen molar-refractivity contribution < 1.29 is 71.1 Å². The number of nitrogens with one attached hydrogen (secondary N) is 1. The topological polar surface area (TPSA) is 209 Å². The zero-order valence-corrected chi connectivity index (χ0v) is 51.3. The van der Waals surface area contributed by atoms with Gasteiger partial charge in [-0.25, -0.2) is 9.59 Å². The van der Waals surface area contributed by atoms with Gasteiger partial charge in [-0.2, -0.15) is 0 Å². The van der Waals surface area contributed by atoms with E-state index in [1.807, 2.05) is 30.4 Å². The number of ether oxygens (including phenoxy) is 6. The SMILES string of the molecule is CC[Si](CC)(CC)O[C@H]1C[C@H]2OC[C@@]2(OC(C)=O)[C@H]2[C@@H]3OC(=O)CCC/C=C\c4cccc(c4)[C@H](NC(=O)OC(C)(C)C)[C@@H](O[Si](C(C)C)(C(C)C)C(C)C)C(=O)O[C@H]4C[C@]3(O)C(C)(C)C(=C4C)[C@@H](OC(C)=O)C(=O)[C@]12C. The van der Waals surface area contributed by atoms with Crippen molar-refractivity contribution >= 4 is 58.5 Å². The number of aliphatic hydroxyl groups is 1. The molecule has 2 aliphatic heterocycles. The molecule has 0 radical (unpaired) electrons. The molecule has 0 aromatic heterocycles. The molecule has 6 rings (SSSR count). The molecule has 1 aromatic carbocycles. The van der Waals surface area contributed by atoms with Crippen molar-refractivity contribution in [3.05, 3.63) is 52.6 Å². The molecule has 5 bridgehead atoms. The summed E-state index contributed by atoms with van der Waals surface area (Å²) in [5, 5.41) is 17.5. The maximum atomic E-state index is 16.6. The molecule has 11 atom stereocenters. The Hall–Kier alpha value is -4.21. The highest BCUT2D eigenvalue weighted by molar-refractivity contribution is 6.77. The van der Waals surface area contributed by atoms with Gasteiger partial charge in [0.1, 0.15) is 29.5 Å². The Morgan fingerprint density at radius 1 is 0.896 bits per heavy atom. The van der Waals surface area contributed by atoms with Gasteiger partial charge in [-0.05, 0) is 111 Å². The molecule has 1 amide bonds. The van der Waals surface area contributed by atoms with Gasteiger partial charge in [-0.3, -0.25) is 19.2 Å². The molecule has 1 aromatic rings. The standard InChI is InChI=1S/C59H91NO15Si2/c1-19-76(20-2,21-3)74-43-31-44-58(33-68-44,72-39(12)62)50-52-59(67)32-42(37(10)46(56(59,16)17)48(69-38(11)61)51(64)57(43,50)18)70-53(65)49(75-77(34(4)5,35(6)7)36(8)9)47(60-54(66)73-55(13,14)15)41-28-25-27-40(30-41)26-23-22-24-29-45(63)71-52/h23,25-28,30,34-36,42-44,47-50,52,67H,19-22,24,29,31-33H2,1-18H3,(H,60,66)/b26-23-/t42-,43-,44+,47-,48+,49+,50-,52-,57+,58-,59+/m0/s1. The first-order chi connectivity index (χ1) is 35.7. The number of amides is 1. The van der Waals surface area contributed by atoms with E-state index in [0.29, 0.717) is 42.1 Å². The molecule has 5 aliphatic rings. The Kier molecular flexibility index (Phi) is 18.6. The highest BCUT2D eigenvalue weighted by Crippen LogP contribution is 2.65. The summed E-state index contributed by atoms with van der Waals surface area (Å²) >= 11 is 0. The van der Waals surface area contributed by atoms with Crippen LogP contribution in [0.3, 0.4) is 0 Å². The molecular formula is C59H91NO15Si2. The lowest BCUT2D eigenvalue weighted by molar-refractivity contribution is -0.346. The van der Waals surface area contributed by atoms with Crippen LogP contribution in [0, 0.1) is 16.7 Å². The first kappa shape index (κ1) is 62.0. The number of hydrogen-bond donors (Lipinski definition) is 2. The van der Waals surface area contributed by atoms with E-state index in [0.717, 1.165) is 5.56 Å². The number of fused-ring (bicyclic) bond motifs is 8. The summed E-state index contributed by atoms with van der Waals surface area (Å²) in [6, 6.07) is 8.32. The molecule has 3 aliphatic carbocycles. The van der Waals surface area contributed by atoms with E-state index in [9.17, 15) is 24.3 Å². The fourth-order valence-electron chi connectivity index (χ4n) is 14.2. The van der Waals surface area contributed by atoms with Crippen LogP contribution >= 0.6 is 0 Å². The molecule has 430 valence electrons. The maximum absolute atomic E-state index is 16.6. The molecular weight excluding hydrogens is 1020 g/mol. The lowest BCUT2D eigenvalue weighted by atomic mass is 9.44. The van der Waals surface area contributed by atoms with Crippen molar-refractivity contribution in [2.24, 2.45) is 16.7 Å². The van der Waals surface area contributed by atoms with Crippen molar-refractivity contribution in [1.82, 2.24) is 5.32 Å². The van der Waals surface area contributed by atoms with Gasteiger partial charge in [0.25, 0.3) is 0 Å². The van der Waals surface area contributed by atoms with Crippen LogP contribution in [0.2, 0.25) is 34.8 Å². The van der Waals surface area contributed by atoms with Gasteiger partial charge in [-0.1, -0.05) is 107 Å². The van der Waals surface area contributed by atoms with E-state index in [4.69, 9.17) is 37.3 Å². The summed E-state index contributed by atoms with van der Waals surface area (Å²) in [6.07, 6.45) is -4.71. The Bertz CT molecular complexity index is 2430. The average molecular weight is 1110 g/mol. The molecule has 0 spiro atoms. The smallest absolute Gasteiger partial charge is 0.408 e. The Labute approximate surface area is 460 Å². The summed E-state index contributed by atoms with van der Waals surface area (Å²) in [5.74, 6) is -5.03. The minimum absolute atomic E-state index is 0.0429. The lowest BCUT2D eigenvalue weighted by Gasteiger charge is -2.68. The number of carbonyl (C=O) groups excluding carboxylic acids is 6. The fourth-order valence-corrected chi connectivity index (χ4v) is 22.6. The third-order valence-corrected chi connectivity index (χ3v) is 29.1. The van der Waals surface area contributed by atoms with Crippen LogP contribution < -0.4 is 5.32 Å². The largest absolute Gasteiger partial charge is 0.459 e. The predicted octanol–water partition coefficient (Wildman–Crippen LogP) is 10.9. The molecule has 77 heavy (non-hydrogen) atoms. The summed E-state index contributed by atoms with van der Waals surface area (Å²) in [7, 11) is -5.72. The first-order valence-corrected chi connectivity index (χ1v) is 32.9. The zero-order valence-electron chi connectivity index (χ0n) is 49.3. The maximum Gasteiger partial charge on any atom is 0.408 e. The van der Waals surface area contributed by atoms with Gasteiger partial charge in [0.15, 0.2) is 31.9 Å². The molecule has 2 N–H and O–H groups in total. The normalized spacial score (nSPS) is 32.3. The number of hydrogen-bond acceptors (Lipinski definition) is 15. The second-order valence-corrected chi connectivity index (χ2v) is 35.3. The number of rotatable bonds is 13. The second-order valence-electron chi connectivity index (χ2n) is 25.2. The Morgan fingerprint density at radius 2 is 1.52 bits per heavy atom. The van der Waals surface area contributed by atoms with Crippen LogP contribution in [0.1, 0.15) is 174 Å². The quantitative estimate of drug-likeness (QED) is 0.0815. The van der Waals surface area contributed by atoms with Crippen molar-refractivity contribution in [3.8, 4) is 0 Å². The lowest BCUT2D eigenvalue weighted by Crippen LogP contribution is -2.82. The highest BCUT2D eigenvalue weighted by atomic mass is 28.4. The van der Waals surface area contributed by atoms with Crippen LogP contribution in [-0.4, -0.2) is 118 Å². The van der Waals surface area contributed by atoms with Gasteiger partial charge in [-0.15, -0.1) is 0 Å². The summed E-state index contributed by atoms with van der Waals surface area (Å²) < 4.78 is 53.5. The van der Waals surface area contributed by atoms with Gasteiger partial charge in [0.2, 0.25) is 8.32 Å². The van der Waals surface area contributed by atoms with Crippen LogP contribution in [0.25, 0.3) is 6.08 Å². The van der Waals surface area contributed by atoms with Crippen LogP contribution in [0.4, 0.5) is 4.79 Å². The monoisotopic (exact) mass is 1110 g/mol. The van der Waals surface area contributed by atoms with Crippen molar-refractivity contribution in [2.75, 3.05) is 6.61 Å². The number of esters is 4. The van der Waals surface area contributed by atoms with E-state index in [2.05, 4.69) is 67.6 Å². The fraction of sp³-hybridized carbons (Fsp3) is 0.729. The van der Waals surface area contributed by atoms with Crippen LogP contribution in [0.15, 0.2) is 41.5 Å². The second kappa shape index (κ2) is 23.1. The molecule has 16 nitrogen and oxygen atoms in total. The van der Waals surface area contributed by atoms with Gasteiger partial charge >= 0.3 is 30.0 Å². The van der Waals surface area contributed by atoms with Gasteiger partial charge < -0.3 is 47.7 Å². The minimum atomic E-state index is -3.08. The zero-order chi connectivity index (χ0) is 57.6. The highest BCUT2D eigenvalue weighted by Gasteiger charge is 2.79. The molecule has 2 heterocycles. The molecule has 1 saturated heterocycles. The number of allylic oxidation sites excluding steroid dienone is 1. The van der Waals surface area contributed by atoms with E-state index in [1.165, 1.54) is 13.8 Å². The summed E-state index contributed by atoms with van der Waals surface area (Å²) in [4.78, 5) is 88.8. The number of carbonyl (C=O) groups is 6. The van der Waals surface area contributed by atoms with Gasteiger partial charge in [0.05, 0.1) is 30.1 Å². The summed E-state index contributed by atoms with van der Waals surface area (Å²) in [5.41, 5.74) is -6.62. The minimum Gasteiger partial charge on any atom is -0.459 e. The van der Waals surface area contributed by atoms with Crippen LogP contribution in [0.5, 0.6) is 0 Å². The average Bonchev–Trinajstić information content (AvgIpc) is 3.33. The third-order valence-electron chi connectivity index (χ3n) is 18.3. The van der Waals surface area contributed by atoms with Crippen molar-refractivity contribution in [1.29, 1.82) is 0 Å². The van der Waals surface area contributed by atoms with Crippen molar-refractivity contribution in [3.63, 3.8) is 0 Å². The van der Waals surface area contributed by atoms with E-state index < -0.39 is 135 Å². The number of ketones is 1. The molecule has 18 heteroatoms. The van der Waals surface area contributed by atoms with E-state index in [-0.39, 0.29) is 41.6 Å². The third kappa shape index (κ3) is 11.4. The van der Waals surface area contributed by atoms with Crippen LogP contribution in [-0.2, 0) is 61.2 Å². The summed E-state index contributed by atoms with van der Waals surface area (Å²) in [6.45, 7) is 33.0. The number of Topliss-reactive ketones (excluding diaryl/α,β-unsaturated/α-hetero) is 1. The molecule has 2 saturated carbocycles. The Balaban J connectivity index is 1.72. The van der Waals surface area contributed by atoms with E-state index in [1.54, 1.807) is 54.5 Å². The number of alkyl carbamates (subject to hydrolysis) is 1. The Morgan fingerprint density at radius 3 is 2.05 bits per heavy atom. The van der Waals surface area contributed by atoms with Crippen molar-refractivity contribution in [2.45, 2.75) is 251 Å². The van der Waals surface area contributed by atoms with E-state index >= 15 is 9.59 Å². The molecule has 3 fully saturated rings. The van der Waals surface area contributed by atoms with Gasteiger partial charge in [0, 0.05) is 38.5 Å². The first-order valence-electron chi connectivity index (χ1n) is 28.2. The molecule has 0 unspecified atom stereocenters.